The fourth-order valence-electron chi connectivity index (χ4n) is 2.81. The molecule has 0 bridgehead atoms. The van der Waals surface area contributed by atoms with Crippen molar-refractivity contribution in [2.75, 3.05) is 20.6 Å². The van der Waals surface area contributed by atoms with Gasteiger partial charge in [-0.1, -0.05) is 29.3 Å². The van der Waals surface area contributed by atoms with Gasteiger partial charge in [0.1, 0.15) is 5.56 Å². The fourth-order valence-corrected chi connectivity index (χ4v) is 3.28. The van der Waals surface area contributed by atoms with Crippen LogP contribution in [0.15, 0.2) is 35.3 Å². The number of nitrogens with one attached hydrogen (secondary N) is 1. The summed E-state index contributed by atoms with van der Waals surface area (Å²) in [6.07, 6.45) is 1.73. The monoisotopic (exact) mass is 395 g/mol. The highest BCUT2D eigenvalue weighted by molar-refractivity contribution is 6.35. The molecule has 0 saturated carbocycles. The number of pyridine rings is 1. The molecule has 1 N–H and O–H groups in total. The first kappa shape index (κ1) is 20.5. The zero-order valence-electron chi connectivity index (χ0n) is 15.3. The van der Waals surface area contributed by atoms with Gasteiger partial charge in [0.05, 0.1) is 0 Å². The van der Waals surface area contributed by atoms with Crippen LogP contribution in [0.5, 0.6) is 0 Å². The van der Waals surface area contributed by atoms with Crippen molar-refractivity contribution < 1.29 is 4.79 Å². The maximum absolute atomic E-state index is 12.8. The SMILES string of the molecule is Cc1ccn(C(C)CN(C)C)c(=O)c1C(=O)NCc1ccc(Cl)cc1Cl. The number of nitrogens with zero attached hydrogens (tertiary/aromatic N) is 2. The van der Waals surface area contributed by atoms with E-state index in [1.807, 2.05) is 25.9 Å². The van der Waals surface area contributed by atoms with Crippen molar-refractivity contribution in [2.24, 2.45) is 0 Å². The van der Waals surface area contributed by atoms with Gasteiger partial charge in [-0.3, -0.25) is 9.59 Å². The number of aromatic nitrogens is 1. The molecular weight excluding hydrogens is 373 g/mol. The van der Waals surface area contributed by atoms with E-state index >= 15 is 0 Å². The van der Waals surface area contributed by atoms with Gasteiger partial charge in [0.25, 0.3) is 11.5 Å². The van der Waals surface area contributed by atoms with Crippen molar-refractivity contribution in [3.8, 4) is 0 Å². The minimum absolute atomic E-state index is 0.0460. The lowest BCUT2D eigenvalue weighted by Gasteiger charge is -2.20. The summed E-state index contributed by atoms with van der Waals surface area (Å²) in [6.45, 7) is 4.62. The van der Waals surface area contributed by atoms with Crippen molar-refractivity contribution >= 4 is 29.1 Å². The summed E-state index contributed by atoms with van der Waals surface area (Å²) in [5.41, 5.74) is 1.24. The highest BCUT2D eigenvalue weighted by atomic mass is 35.5. The van der Waals surface area contributed by atoms with E-state index in [0.29, 0.717) is 22.2 Å². The molecular formula is C19H23Cl2N3O2. The van der Waals surface area contributed by atoms with E-state index in [0.717, 1.165) is 5.56 Å². The minimum Gasteiger partial charge on any atom is -0.348 e. The van der Waals surface area contributed by atoms with E-state index in [-0.39, 0.29) is 23.7 Å². The molecule has 0 saturated heterocycles. The van der Waals surface area contributed by atoms with Gasteiger partial charge < -0.3 is 14.8 Å². The first-order valence-corrected chi connectivity index (χ1v) is 9.05. The average molecular weight is 396 g/mol. The van der Waals surface area contributed by atoms with Crippen LogP contribution in [0, 0.1) is 6.92 Å². The van der Waals surface area contributed by atoms with Crippen LogP contribution in [-0.4, -0.2) is 36.0 Å². The number of rotatable bonds is 6. The molecule has 1 atom stereocenters. The summed E-state index contributed by atoms with van der Waals surface area (Å²) in [5, 5.41) is 3.78. The van der Waals surface area contributed by atoms with Crippen LogP contribution < -0.4 is 10.9 Å². The minimum atomic E-state index is -0.412. The first-order valence-electron chi connectivity index (χ1n) is 8.29. The van der Waals surface area contributed by atoms with Crippen LogP contribution in [0.1, 0.15) is 34.5 Å². The average Bonchev–Trinajstić information content (AvgIpc) is 2.53. The quantitative estimate of drug-likeness (QED) is 0.813. The van der Waals surface area contributed by atoms with Crippen molar-refractivity contribution in [3.05, 3.63) is 67.6 Å². The van der Waals surface area contributed by atoms with Crippen LogP contribution in [0.3, 0.4) is 0 Å². The topological polar surface area (TPSA) is 54.3 Å². The third-order valence-corrected chi connectivity index (χ3v) is 4.70. The van der Waals surface area contributed by atoms with Crippen LogP contribution >= 0.6 is 23.2 Å². The molecule has 2 rings (SSSR count). The first-order chi connectivity index (χ1) is 12.2. The van der Waals surface area contributed by atoms with E-state index < -0.39 is 5.91 Å². The molecule has 0 radical (unpaired) electrons. The molecule has 26 heavy (non-hydrogen) atoms. The Hall–Kier alpha value is -1.82. The second-order valence-corrected chi connectivity index (χ2v) is 7.46. The highest BCUT2D eigenvalue weighted by Crippen LogP contribution is 2.20. The maximum atomic E-state index is 12.8. The molecule has 0 aliphatic heterocycles. The number of benzene rings is 1. The Morgan fingerprint density at radius 3 is 2.58 bits per heavy atom. The maximum Gasteiger partial charge on any atom is 0.263 e. The van der Waals surface area contributed by atoms with E-state index in [2.05, 4.69) is 5.32 Å². The van der Waals surface area contributed by atoms with Gasteiger partial charge in [0.2, 0.25) is 0 Å². The summed E-state index contributed by atoms with van der Waals surface area (Å²) in [4.78, 5) is 27.4. The van der Waals surface area contributed by atoms with Crippen LogP contribution in [0.2, 0.25) is 10.0 Å². The van der Waals surface area contributed by atoms with Gasteiger partial charge in [-0.15, -0.1) is 0 Å². The van der Waals surface area contributed by atoms with Crippen LogP contribution in [0.4, 0.5) is 0 Å². The summed E-state index contributed by atoms with van der Waals surface area (Å²) in [6, 6.07) is 6.82. The van der Waals surface area contributed by atoms with Crippen molar-refractivity contribution in [1.82, 2.24) is 14.8 Å². The van der Waals surface area contributed by atoms with E-state index in [1.165, 1.54) is 0 Å². The molecule has 1 aromatic carbocycles. The molecule has 0 fully saturated rings. The second kappa shape index (κ2) is 8.71. The van der Waals surface area contributed by atoms with E-state index in [9.17, 15) is 9.59 Å². The zero-order chi connectivity index (χ0) is 19.4. The number of likely N-dealkylation sites (N-methyl/N-ethyl adjacent to an activating group) is 1. The molecule has 1 heterocycles. The van der Waals surface area contributed by atoms with Gasteiger partial charge in [0.15, 0.2) is 0 Å². The Balaban J connectivity index is 2.24. The molecule has 1 amide bonds. The lowest BCUT2D eigenvalue weighted by Crippen LogP contribution is -2.36. The molecule has 5 nitrogen and oxygen atoms in total. The van der Waals surface area contributed by atoms with Crippen LogP contribution in [-0.2, 0) is 6.54 Å². The van der Waals surface area contributed by atoms with Crippen molar-refractivity contribution in [3.63, 3.8) is 0 Å². The van der Waals surface area contributed by atoms with Crippen molar-refractivity contribution in [1.29, 1.82) is 0 Å². The van der Waals surface area contributed by atoms with Gasteiger partial charge in [-0.25, -0.2) is 0 Å². The standard InChI is InChI=1S/C19H23Cl2N3O2/c1-12-7-8-24(13(2)11-23(3)4)19(26)17(12)18(25)22-10-14-5-6-15(20)9-16(14)21/h5-9,13H,10-11H2,1-4H3,(H,22,25). The number of hydrogen-bond donors (Lipinski definition) is 1. The van der Waals surface area contributed by atoms with E-state index in [1.54, 1.807) is 42.0 Å². The van der Waals surface area contributed by atoms with Crippen molar-refractivity contribution in [2.45, 2.75) is 26.4 Å². The Kier molecular flexibility index (Phi) is 6.87. The predicted molar refractivity (Wildman–Crippen MR) is 106 cm³/mol. The van der Waals surface area contributed by atoms with Gasteiger partial charge in [-0.05, 0) is 57.3 Å². The smallest absolute Gasteiger partial charge is 0.263 e. The number of halogens is 2. The third kappa shape index (κ3) is 4.87. The largest absolute Gasteiger partial charge is 0.348 e. The number of carbonyl (C=O) groups is 1. The lowest BCUT2D eigenvalue weighted by atomic mass is 10.1. The second-order valence-electron chi connectivity index (χ2n) is 6.62. The van der Waals surface area contributed by atoms with Gasteiger partial charge >= 0.3 is 0 Å². The molecule has 140 valence electrons. The Morgan fingerprint density at radius 1 is 1.27 bits per heavy atom. The molecule has 0 aliphatic rings. The Labute approximate surface area is 163 Å². The summed E-state index contributed by atoms with van der Waals surface area (Å²) in [7, 11) is 3.89. The molecule has 1 aromatic heterocycles. The molecule has 2 aromatic rings. The molecule has 1 unspecified atom stereocenters. The number of carbonyl (C=O) groups excluding carboxylic acids is 1. The lowest BCUT2D eigenvalue weighted by molar-refractivity contribution is 0.0948. The van der Waals surface area contributed by atoms with Crippen LogP contribution in [0.25, 0.3) is 0 Å². The Morgan fingerprint density at radius 2 is 1.96 bits per heavy atom. The van der Waals surface area contributed by atoms with E-state index in [4.69, 9.17) is 23.2 Å². The van der Waals surface area contributed by atoms with Gasteiger partial charge in [-0.2, -0.15) is 0 Å². The summed E-state index contributed by atoms with van der Waals surface area (Å²) in [5.74, 6) is -0.412. The molecule has 0 spiro atoms. The van der Waals surface area contributed by atoms with Gasteiger partial charge in [0, 0.05) is 35.4 Å². The Bertz CT molecular complexity index is 862. The predicted octanol–water partition coefficient (Wildman–Crippen LogP) is 3.52. The summed E-state index contributed by atoms with van der Waals surface area (Å²) >= 11 is 12.0. The zero-order valence-corrected chi connectivity index (χ0v) is 16.9. The third-order valence-electron chi connectivity index (χ3n) is 4.11. The number of amides is 1. The number of hydrogen-bond acceptors (Lipinski definition) is 3. The molecule has 0 aliphatic carbocycles. The molecule has 7 heteroatoms. The highest BCUT2D eigenvalue weighted by Gasteiger charge is 2.18. The normalized spacial score (nSPS) is 12.3. The fraction of sp³-hybridized carbons (Fsp3) is 0.368. The summed E-state index contributed by atoms with van der Waals surface area (Å²) < 4.78 is 1.59. The number of aryl methyl sites for hydroxylation is 1.